The van der Waals surface area contributed by atoms with Gasteiger partial charge in [-0.25, -0.2) is 0 Å². The van der Waals surface area contributed by atoms with Gasteiger partial charge in [-0.15, -0.1) is 0 Å². The van der Waals surface area contributed by atoms with E-state index >= 15 is 0 Å². The molecule has 1 aromatic carbocycles. The summed E-state index contributed by atoms with van der Waals surface area (Å²) in [6, 6.07) is 5.38. The number of aliphatic hydroxyl groups excluding tert-OH is 1. The van der Waals surface area contributed by atoms with Crippen molar-refractivity contribution < 1.29 is 19.4 Å². The van der Waals surface area contributed by atoms with Gasteiger partial charge in [0.25, 0.3) is 0 Å². The van der Waals surface area contributed by atoms with Crippen molar-refractivity contribution in [2.45, 2.75) is 20.5 Å². The molecule has 0 saturated heterocycles. The van der Waals surface area contributed by atoms with Gasteiger partial charge in [-0.3, -0.25) is 9.78 Å². The monoisotopic (exact) mass is 301 g/mol. The second kappa shape index (κ2) is 7.56. The van der Waals surface area contributed by atoms with Crippen molar-refractivity contribution in [3.05, 3.63) is 41.7 Å². The summed E-state index contributed by atoms with van der Waals surface area (Å²) in [5.74, 6) is 0.942. The molecule has 0 saturated carbocycles. The van der Waals surface area contributed by atoms with Crippen molar-refractivity contribution in [3.8, 4) is 22.6 Å². The molecule has 0 bridgehead atoms. The van der Waals surface area contributed by atoms with E-state index in [1.165, 1.54) is 0 Å². The van der Waals surface area contributed by atoms with Crippen molar-refractivity contribution in [1.82, 2.24) is 4.98 Å². The summed E-state index contributed by atoms with van der Waals surface area (Å²) >= 11 is 0. The first-order valence-corrected chi connectivity index (χ1v) is 7.18. The minimum atomic E-state index is -0.303. The molecule has 0 amide bonds. The molecule has 0 fully saturated rings. The van der Waals surface area contributed by atoms with Crippen molar-refractivity contribution in [2.24, 2.45) is 0 Å². The summed E-state index contributed by atoms with van der Waals surface area (Å²) < 4.78 is 11.2. The molecule has 5 nitrogen and oxygen atoms in total. The molecule has 0 aliphatic carbocycles. The zero-order chi connectivity index (χ0) is 15.9. The lowest BCUT2D eigenvalue weighted by molar-refractivity contribution is 0.112. The van der Waals surface area contributed by atoms with Crippen molar-refractivity contribution in [2.75, 3.05) is 13.2 Å². The van der Waals surface area contributed by atoms with Crippen LogP contribution in [0.1, 0.15) is 29.8 Å². The van der Waals surface area contributed by atoms with Gasteiger partial charge in [0.05, 0.1) is 19.8 Å². The summed E-state index contributed by atoms with van der Waals surface area (Å²) in [6.45, 7) is 4.28. The van der Waals surface area contributed by atoms with Crippen LogP contribution in [0.5, 0.6) is 11.5 Å². The molecule has 0 radical (unpaired) electrons. The smallest absolute Gasteiger partial charge is 0.167 e. The lowest BCUT2D eigenvalue weighted by atomic mass is 9.95. The number of benzene rings is 1. The number of ether oxygens (including phenoxy) is 2. The maximum Gasteiger partial charge on any atom is 0.167 e. The Balaban J connectivity index is 2.73. The second-order valence-corrected chi connectivity index (χ2v) is 4.52. The quantitative estimate of drug-likeness (QED) is 0.796. The number of carbonyl (C=O) groups excluding carboxylic acids is 1. The number of nitrogens with zero attached hydrogens (tertiary/aromatic N) is 1. The average Bonchev–Trinajstić information content (AvgIpc) is 2.56. The highest BCUT2D eigenvalue weighted by atomic mass is 16.5. The van der Waals surface area contributed by atoms with Crippen LogP contribution in [0.4, 0.5) is 0 Å². The number of aldehydes is 1. The standard InChI is InChI=1S/C17H19NO4/c1-3-21-16-9-13(12-5-7-18-8-6-12)14(10-19)15(11-20)17(16)22-4-2/h5-10,20H,3-4,11H2,1-2H3. The van der Waals surface area contributed by atoms with Crippen LogP contribution in [0.3, 0.4) is 0 Å². The highest BCUT2D eigenvalue weighted by Crippen LogP contribution is 2.39. The van der Waals surface area contributed by atoms with Crippen LogP contribution < -0.4 is 9.47 Å². The Kier molecular flexibility index (Phi) is 5.49. The molecule has 116 valence electrons. The van der Waals surface area contributed by atoms with E-state index in [1.807, 2.05) is 13.8 Å². The van der Waals surface area contributed by atoms with Gasteiger partial charge in [-0.2, -0.15) is 0 Å². The molecule has 0 atom stereocenters. The van der Waals surface area contributed by atoms with Crippen LogP contribution >= 0.6 is 0 Å². The first kappa shape index (κ1) is 16.0. The summed E-state index contributed by atoms with van der Waals surface area (Å²) in [4.78, 5) is 15.6. The van der Waals surface area contributed by atoms with Gasteiger partial charge in [0.2, 0.25) is 0 Å². The topological polar surface area (TPSA) is 68.7 Å². The highest BCUT2D eigenvalue weighted by molar-refractivity contribution is 5.91. The molecule has 1 aromatic heterocycles. The molecule has 0 spiro atoms. The number of hydrogen-bond acceptors (Lipinski definition) is 5. The summed E-state index contributed by atoms with van der Waals surface area (Å²) in [5, 5.41) is 9.71. The summed E-state index contributed by atoms with van der Waals surface area (Å²) in [7, 11) is 0. The van der Waals surface area contributed by atoms with E-state index in [1.54, 1.807) is 30.6 Å². The molecular weight excluding hydrogens is 282 g/mol. The van der Waals surface area contributed by atoms with Gasteiger partial charge < -0.3 is 14.6 Å². The second-order valence-electron chi connectivity index (χ2n) is 4.52. The van der Waals surface area contributed by atoms with Crippen LogP contribution in [0.15, 0.2) is 30.6 Å². The molecule has 1 heterocycles. The fourth-order valence-electron chi connectivity index (χ4n) is 2.34. The van der Waals surface area contributed by atoms with E-state index in [0.29, 0.717) is 41.4 Å². The number of rotatable bonds is 7. The SMILES string of the molecule is CCOc1cc(-c2ccncc2)c(C=O)c(CO)c1OCC. The largest absolute Gasteiger partial charge is 0.490 e. The lowest BCUT2D eigenvalue weighted by Crippen LogP contribution is -2.06. The van der Waals surface area contributed by atoms with Gasteiger partial charge in [0.1, 0.15) is 0 Å². The predicted molar refractivity (Wildman–Crippen MR) is 83.3 cm³/mol. The van der Waals surface area contributed by atoms with Crippen LogP contribution in [-0.4, -0.2) is 29.6 Å². The van der Waals surface area contributed by atoms with E-state index in [4.69, 9.17) is 9.47 Å². The van der Waals surface area contributed by atoms with Gasteiger partial charge in [-0.1, -0.05) is 0 Å². The van der Waals surface area contributed by atoms with E-state index < -0.39 is 0 Å². The number of pyridine rings is 1. The Morgan fingerprint density at radius 3 is 2.41 bits per heavy atom. The molecule has 0 unspecified atom stereocenters. The van der Waals surface area contributed by atoms with Gasteiger partial charge in [0, 0.05) is 23.5 Å². The lowest BCUT2D eigenvalue weighted by Gasteiger charge is -2.19. The molecule has 2 rings (SSSR count). The van der Waals surface area contributed by atoms with Crippen molar-refractivity contribution in [3.63, 3.8) is 0 Å². The van der Waals surface area contributed by atoms with Gasteiger partial charge >= 0.3 is 0 Å². The van der Waals surface area contributed by atoms with E-state index in [9.17, 15) is 9.90 Å². The van der Waals surface area contributed by atoms with E-state index in [0.717, 1.165) is 11.8 Å². The fourth-order valence-corrected chi connectivity index (χ4v) is 2.34. The Labute approximate surface area is 129 Å². The predicted octanol–water partition coefficient (Wildman–Crippen LogP) is 2.85. The number of carbonyl (C=O) groups is 1. The van der Waals surface area contributed by atoms with Crippen molar-refractivity contribution in [1.29, 1.82) is 0 Å². The van der Waals surface area contributed by atoms with E-state index in [-0.39, 0.29) is 6.61 Å². The summed E-state index contributed by atoms with van der Waals surface area (Å²) in [6.07, 6.45) is 4.04. The molecule has 0 aliphatic heterocycles. The third kappa shape index (κ3) is 3.09. The third-order valence-corrected chi connectivity index (χ3v) is 3.24. The Morgan fingerprint density at radius 1 is 1.18 bits per heavy atom. The molecule has 2 aromatic rings. The molecule has 22 heavy (non-hydrogen) atoms. The van der Waals surface area contributed by atoms with Crippen LogP contribution in [-0.2, 0) is 6.61 Å². The normalized spacial score (nSPS) is 10.3. The van der Waals surface area contributed by atoms with Gasteiger partial charge in [-0.05, 0) is 43.2 Å². The zero-order valence-electron chi connectivity index (χ0n) is 12.7. The van der Waals surface area contributed by atoms with Crippen LogP contribution in [0.2, 0.25) is 0 Å². The first-order valence-electron chi connectivity index (χ1n) is 7.18. The fraction of sp³-hybridized carbons (Fsp3) is 0.294. The maximum atomic E-state index is 11.6. The Bertz CT molecular complexity index is 641. The number of aliphatic hydroxyl groups is 1. The molecule has 0 aliphatic rings. The minimum Gasteiger partial charge on any atom is -0.490 e. The Hall–Kier alpha value is -2.40. The minimum absolute atomic E-state index is 0.303. The van der Waals surface area contributed by atoms with Gasteiger partial charge in [0.15, 0.2) is 17.8 Å². The van der Waals surface area contributed by atoms with Crippen LogP contribution in [0, 0.1) is 0 Å². The molecular formula is C17H19NO4. The van der Waals surface area contributed by atoms with Crippen molar-refractivity contribution >= 4 is 6.29 Å². The summed E-state index contributed by atoms with van der Waals surface area (Å²) in [5.41, 5.74) is 2.36. The first-order chi connectivity index (χ1) is 10.8. The molecule has 1 N–H and O–H groups in total. The zero-order valence-corrected chi connectivity index (χ0v) is 12.7. The third-order valence-electron chi connectivity index (χ3n) is 3.24. The average molecular weight is 301 g/mol. The molecule has 5 heteroatoms. The number of hydrogen-bond donors (Lipinski definition) is 1. The van der Waals surface area contributed by atoms with Crippen LogP contribution in [0.25, 0.3) is 11.1 Å². The number of aromatic nitrogens is 1. The highest BCUT2D eigenvalue weighted by Gasteiger charge is 2.20. The van der Waals surface area contributed by atoms with E-state index in [2.05, 4.69) is 4.98 Å². The Morgan fingerprint density at radius 2 is 1.86 bits per heavy atom. The maximum absolute atomic E-state index is 11.6.